The van der Waals surface area contributed by atoms with E-state index in [1.165, 1.54) is 20.2 Å². The summed E-state index contributed by atoms with van der Waals surface area (Å²) < 4.78 is 15.2. The number of hydrogen-bond donors (Lipinski definition) is 0. The molecular weight excluding hydrogens is 583 g/mol. The average molecular weight is 608 g/mol. The Morgan fingerprint density at radius 2 is 0.957 bits per heavy atom. The normalized spacial score (nSPS) is 11.9. The Bertz CT molecular complexity index is 2750. The zero-order chi connectivity index (χ0) is 30.2. The van der Waals surface area contributed by atoms with E-state index in [2.05, 4.69) is 132 Å². The lowest BCUT2D eigenvalue weighted by Crippen LogP contribution is -2.09. The number of furan rings is 2. The molecule has 4 heteroatoms. The third-order valence-electron chi connectivity index (χ3n) is 9.07. The predicted molar refractivity (Wildman–Crippen MR) is 194 cm³/mol. The van der Waals surface area contributed by atoms with Gasteiger partial charge in [-0.2, -0.15) is 0 Å². The van der Waals surface area contributed by atoms with Gasteiger partial charge in [-0.15, -0.1) is 11.3 Å². The predicted octanol–water partition coefficient (Wildman–Crippen LogP) is 13.0. The summed E-state index contributed by atoms with van der Waals surface area (Å²) in [6.45, 7) is 0. The van der Waals surface area contributed by atoms with Crippen molar-refractivity contribution in [2.45, 2.75) is 0 Å². The minimum Gasteiger partial charge on any atom is -0.456 e. The van der Waals surface area contributed by atoms with Gasteiger partial charge in [-0.3, -0.25) is 0 Å². The van der Waals surface area contributed by atoms with Crippen molar-refractivity contribution in [3.63, 3.8) is 0 Å². The molecule has 216 valence electrons. The monoisotopic (exact) mass is 607 g/mol. The van der Waals surface area contributed by atoms with Crippen molar-refractivity contribution in [2.24, 2.45) is 0 Å². The van der Waals surface area contributed by atoms with Crippen molar-refractivity contribution in [1.82, 2.24) is 0 Å². The Balaban J connectivity index is 1.06. The molecule has 0 N–H and O–H groups in total. The molecule has 0 spiro atoms. The highest BCUT2D eigenvalue weighted by molar-refractivity contribution is 7.25. The Morgan fingerprint density at radius 1 is 0.370 bits per heavy atom. The van der Waals surface area contributed by atoms with E-state index in [9.17, 15) is 0 Å². The van der Waals surface area contributed by atoms with E-state index in [1.807, 2.05) is 35.6 Å². The molecule has 7 aromatic carbocycles. The largest absolute Gasteiger partial charge is 0.456 e. The molecule has 3 nitrogen and oxygen atoms in total. The van der Waals surface area contributed by atoms with E-state index in [0.29, 0.717) is 0 Å². The summed E-state index contributed by atoms with van der Waals surface area (Å²) in [5.74, 6) is 0. The van der Waals surface area contributed by atoms with Crippen LogP contribution in [0.2, 0.25) is 0 Å². The highest BCUT2D eigenvalue weighted by atomic mass is 32.1. The van der Waals surface area contributed by atoms with Crippen molar-refractivity contribution in [3.8, 4) is 11.1 Å². The van der Waals surface area contributed by atoms with Crippen molar-refractivity contribution < 1.29 is 8.83 Å². The maximum atomic E-state index is 6.43. The van der Waals surface area contributed by atoms with Gasteiger partial charge in [0.05, 0.1) is 0 Å². The van der Waals surface area contributed by atoms with Crippen molar-refractivity contribution in [1.29, 1.82) is 0 Å². The van der Waals surface area contributed by atoms with Crippen LogP contribution in [-0.4, -0.2) is 0 Å². The molecule has 0 aliphatic heterocycles. The van der Waals surface area contributed by atoms with Crippen molar-refractivity contribution in [3.05, 3.63) is 152 Å². The average Bonchev–Trinajstić information content (AvgIpc) is 3.79. The first-order chi connectivity index (χ1) is 22.8. The second kappa shape index (κ2) is 9.83. The smallest absolute Gasteiger partial charge is 0.136 e. The standard InChI is InChI=1S/C42H25NO2S/c1-2-8-28(9-3-1)43(30-19-21-32-31-10-5-7-13-39(31)46-40(32)25-30)29-17-14-26(15-18-29)27-16-20-34-38(24-27)45-37-23-22-36-41(42(34)37)33-11-4-6-12-35(33)44-36/h1-25H. The van der Waals surface area contributed by atoms with E-state index in [4.69, 9.17) is 8.83 Å². The molecule has 0 aliphatic rings. The summed E-state index contributed by atoms with van der Waals surface area (Å²) in [6.07, 6.45) is 0. The van der Waals surface area contributed by atoms with Crippen molar-refractivity contribution in [2.75, 3.05) is 4.90 Å². The molecule has 10 aromatic rings. The minimum atomic E-state index is 0.871. The van der Waals surface area contributed by atoms with Crippen LogP contribution < -0.4 is 4.90 Å². The first kappa shape index (κ1) is 25.5. The molecule has 0 saturated heterocycles. The SMILES string of the molecule is c1ccc(N(c2ccc(-c3ccc4c(c3)oc3ccc5oc6ccccc6c5c34)cc2)c2ccc3c(c2)sc2ccccc23)cc1. The number of thiophene rings is 1. The lowest BCUT2D eigenvalue weighted by atomic mass is 10.0. The van der Waals surface area contributed by atoms with Crippen LogP contribution in [-0.2, 0) is 0 Å². The summed E-state index contributed by atoms with van der Waals surface area (Å²) in [4.78, 5) is 2.33. The van der Waals surface area contributed by atoms with Gasteiger partial charge in [-0.1, -0.05) is 78.9 Å². The molecule has 0 aliphatic carbocycles. The number of anilines is 3. The van der Waals surface area contributed by atoms with Gasteiger partial charge in [-0.05, 0) is 83.9 Å². The van der Waals surface area contributed by atoms with Crippen LogP contribution in [0.15, 0.2) is 160 Å². The molecule has 0 bridgehead atoms. The molecule has 0 fully saturated rings. The number of nitrogens with zero attached hydrogens (tertiary/aromatic N) is 1. The molecule has 46 heavy (non-hydrogen) atoms. The number of fused-ring (bicyclic) bond motifs is 10. The Morgan fingerprint density at radius 3 is 1.78 bits per heavy atom. The number of hydrogen-bond acceptors (Lipinski definition) is 4. The van der Waals surface area contributed by atoms with E-state index in [-0.39, 0.29) is 0 Å². The van der Waals surface area contributed by atoms with E-state index >= 15 is 0 Å². The van der Waals surface area contributed by atoms with E-state index < -0.39 is 0 Å². The van der Waals surface area contributed by atoms with Gasteiger partial charge in [0.1, 0.15) is 22.3 Å². The lowest BCUT2D eigenvalue weighted by Gasteiger charge is -2.25. The third-order valence-corrected chi connectivity index (χ3v) is 10.2. The topological polar surface area (TPSA) is 29.5 Å². The van der Waals surface area contributed by atoms with Crippen LogP contribution in [0, 0.1) is 0 Å². The molecule has 0 radical (unpaired) electrons. The Labute approximate surface area is 268 Å². The first-order valence-corrected chi connectivity index (χ1v) is 16.2. The fourth-order valence-corrected chi connectivity index (χ4v) is 8.08. The first-order valence-electron chi connectivity index (χ1n) is 15.4. The molecule has 0 amide bonds. The van der Waals surface area contributed by atoms with E-state index in [0.717, 1.165) is 72.1 Å². The molecule has 10 rings (SSSR count). The van der Waals surface area contributed by atoms with Crippen LogP contribution in [0.5, 0.6) is 0 Å². The highest BCUT2D eigenvalue weighted by Crippen LogP contribution is 2.43. The second-order valence-electron chi connectivity index (χ2n) is 11.7. The fourth-order valence-electron chi connectivity index (χ4n) is 6.94. The molecular formula is C42H25NO2S. The lowest BCUT2D eigenvalue weighted by molar-refractivity contribution is 0.663. The third kappa shape index (κ3) is 3.84. The molecule has 0 atom stereocenters. The van der Waals surface area contributed by atoms with Crippen LogP contribution in [0.3, 0.4) is 0 Å². The van der Waals surface area contributed by atoms with Crippen LogP contribution in [0.25, 0.3) is 75.2 Å². The van der Waals surface area contributed by atoms with Gasteiger partial charge >= 0.3 is 0 Å². The second-order valence-corrected chi connectivity index (χ2v) is 12.8. The zero-order valence-corrected chi connectivity index (χ0v) is 25.4. The summed E-state index contributed by atoms with van der Waals surface area (Å²) in [5, 5.41) is 7.04. The molecule has 3 aromatic heterocycles. The van der Waals surface area contributed by atoms with E-state index in [1.54, 1.807) is 0 Å². The summed E-state index contributed by atoms with van der Waals surface area (Å²) >= 11 is 1.85. The summed E-state index contributed by atoms with van der Waals surface area (Å²) in [6, 6.07) is 53.6. The van der Waals surface area contributed by atoms with Gasteiger partial charge < -0.3 is 13.7 Å². The van der Waals surface area contributed by atoms with Crippen LogP contribution >= 0.6 is 11.3 Å². The van der Waals surface area contributed by atoms with Crippen molar-refractivity contribution >= 4 is 92.4 Å². The van der Waals surface area contributed by atoms with Gasteiger partial charge in [0.25, 0.3) is 0 Å². The van der Waals surface area contributed by atoms with Gasteiger partial charge in [-0.25, -0.2) is 0 Å². The van der Waals surface area contributed by atoms with Crippen LogP contribution in [0.4, 0.5) is 17.1 Å². The Kier molecular flexibility index (Phi) is 5.45. The number of para-hydroxylation sites is 2. The number of benzene rings is 7. The van der Waals surface area contributed by atoms with Gasteiger partial charge in [0.15, 0.2) is 0 Å². The van der Waals surface area contributed by atoms with Gasteiger partial charge in [0, 0.05) is 58.8 Å². The fraction of sp³-hybridized carbons (Fsp3) is 0. The highest BCUT2D eigenvalue weighted by Gasteiger charge is 2.18. The maximum Gasteiger partial charge on any atom is 0.136 e. The number of rotatable bonds is 4. The minimum absolute atomic E-state index is 0.871. The maximum absolute atomic E-state index is 6.43. The summed E-state index contributed by atoms with van der Waals surface area (Å²) in [5.41, 5.74) is 9.14. The molecule has 3 heterocycles. The quantitative estimate of drug-likeness (QED) is 0.199. The molecule has 0 saturated carbocycles. The van der Waals surface area contributed by atoms with Crippen LogP contribution in [0.1, 0.15) is 0 Å². The molecule has 0 unspecified atom stereocenters. The summed E-state index contributed by atoms with van der Waals surface area (Å²) in [7, 11) is 0. The van der Waals surface area contributed by atoms with Gasteiger partial charge in [0.2, 0.25) is 0 Å². The Hall–Kier alpha value is -5.84. The zero-order valence-electron chi connectivity index (χ0n) is 24.6.